The number of carbonyl (C=O) groups is 2. The molecule has 3 amide bonds. The Balaban J connectivity index is 1.62. The predicted molar refractivity (Wildman–Crippen MR) is 88.1 cm³/mol. The second kappa shape index (κ2) is 5.78. The quantitative estimate of drug-likeness (QED) is 0.814. The average molecular weight is 324 g/mol. The minimum absolute atomic E-state index is 0.106. The van der Waals surface area contributed by atoms with Crippen LogP contribution in [0.4, 0.5) is 4.79 Å². The molecule has 0 N–H and O–H groups in total. The number of aryl methyl sites for hydroxylation is 1. The van der Waals surface area contributed by atoms with E-state index in [0.717, 1.165) is 30.6 Å². The number of carbonyl (C=O) groups excluding carboxylic acids is 2. The lowest BCUT2D eigenvalue weighted by atomic mass is 10.0. The molecule has 1 aromatic carbocycles. The molecule has 0 aliphatic carbocycles. The van der Waals surface area contributed by atoms with Crippen LogP contribution in [0.2, 0.25) is 0 Å². The normalized spacial score (nSPS) is 23.7. The Labute approximate surface area is 140 Å². The number of nitrogens with zero attached hydrogens (tertiary/aromatic N) is 4. The fourth-order valence-corrected chi connectivity index (χ4v) is 3.73. The van der Waals surface area contributed by atoms with E-state index in [4.69, 9.17) is 0 Å². The van der Waals surface area contributed by atoms with Gasteiger partial charge in [0.2, 0.25) is 0 Å². The van der Waals surface area contributed by atoms with Gasteiger partial charge in [0.15, 0.2) is 0 Å². The molecule has 2 aromatic rings. The molecule has 0 spiro atoms. The fraction of sp³-hybridized carbons (Fsp3) is 0.389. The number of urea groups is 1. The van der Waals surface area contributed by atoms with Gasteiger partial charge in [0, 0.05) is 26.2 Å². The van der Waals surface area contributed by atoms with Gasteiger partial charge in [-0.2, -0.15) is 5.10 Å². The van der Waals surface area contributed by atoms with E-state index in [-0.39, 0.29) is 18.0 Å². The Morgan fingerprint density at radius 2 is 1.96 bits per heavy atom. The molecule has 1 saturated heterocycles. The van der Waals surface area contributed by atoms with E-state index >= 15 is 0 Å². The molecule has 6 heteroatoms. The maximum Gasteiger partial charge on any atom is 0.327 e. The van der Waals surface area contributed by atoms with Crippen LogP contribution < -0.4 is 0 Å². The Hall–Kier alpha value is -2.63. The molecule has 2 atom stereocenters. The summed E-state index contributed by atoms with van der Waals surface area (Å²) in [6.07, 6.45) is 4.01. The second-order valence-electron chi connectivity index (χ2n) is 6.44. The maximum absolute atomic E-state index is 13.0. The highest BCUT2D eigenvalue weighted by Gasteiger charge is 2.47. The average Bonchev–Trinajstić information content (AvgIpc) is 3.16. The zero-order valence-electron chi connectivity index (χ0n) is 13.6. The third-order valence-corrected chi connectivity index (χ3v) is 5.02. The van der Waals surface area contributed by atoms with Crippen LogP contribution in [0.3, 0.4) is 0 Å². The number of imide groups is 1. The van der Waals surface area contributed by atoms with Crippen LogP contribution >= 0.6 is 0 Å². The maximum atomic E-state index is 13.0. The van der Waals surface area contributed by atoms with Gasteiger partial charge in [-0.05, 0) is 24.5 Å². The van der Waals surface area contributed by atoms with Crippen LogP contribution in [0.1, 0.15) is 30.1 Å². The molecule has 2 aliphatic heterocycles. The van der Waals surface area contributed by atoms with Crippen LogP contribution in [-0.2, 0) is 17.8 Å². The molecule has 0 saturated carbocycles. The van der Waals surface area contributed by atoms with Gasteiger partial charge < -0.3 is 4.90 Å². The molecule has 24 heavy (non-hydrogen) atoms. The topological polar surface area (TPSA) is 58.4 Å². The largest absolute Gasteiger partial charge is 0.327 e. The lowest BCUT2D eigenvalue weighted by Crippen LogP contribution is -2.38. The summed E-state index contributed by atoms with van der Waals surface area (Å²) in [5.41, 5.74) is 2.02. The van der Waals surface area contributed by atoms with Crippen molar-refractivity contribution in [1.82, 2.24) is 19.6 Å². The monoisotopic (exact) mass is 324 g/mol. The third-order valence-electron chi connectivity index (χ3n) is 5.02. The molecule has 1 aromatic heterocycles. The highest BCUT2D eigenvalue weighted by atomic mass is 16.2. The Morgan fingerprint density at radius 1 is 1.17 bits per heavy atom. The van der Waals surface area contributed by atoms with E-state index in [0.29, 0.717) is 6.42 Å². The third kappa shape index (κ3) is 2.29. The van der Waals surface area contributed by atoms with Gasteiger partial charge in [0.1, 0.15) is 6.04 Å². The van der Waals surface area contributed by atoms with E-state index < -0.39 is 6.04 Å². The highest BCUT2D eigenvalue weighted by molar-refractivity contribution is 6.04. The zero-order chi connectivity index (χ0) is 16.7. The minimum atomic E-state index is -0.432. The summed E-state index contributed by atoms with van der Waals surface area (Å²) in [5, 5.41) is 4.29. The number of benzene rings is 1. The molecule has 6 nitrogen and oxygen atoms in total. The minimum Gasteiger partial charge on any atom is -0.315 e. The first-order valence-corrected chi connectivity index (χ1v) is 8.32. The molecule has 3 heterocycles. The number of hydrogen-bond acceptors (Lipinski definition) is 3. The first-order chi connectivity index (χ1) is 11.7. The molecular weight excluding hydrogens is 304 g/mol. The molecule has 1 fully saturated rings. The number of rotatable bonds is 3. The number of likely N-dealkylation sites (N-methyl/N-ethyl adjacent to an activating group) is 1. The van der Waals surface area contributed by atoms with E-state index in [1.807, 2.05) is 41.1 Å². The predicted octanol–water partition coefficient (Wildman–Crippen LogP) is 2.22. The summed E-state index contributed by atoms with van der Waals surface area (Å²) in [4.78, 5) is 28.8. The Bertz CT molecular complexity index is 770. The van der Waals surface area contributed by atoms with Crippen molar-refractivity contribution >= 4 is 11.9 Å². The molecule has 4 rings (SSSR count). The van der Waals surface area contributed by atoms with Gasteiger partial charge in [-0.15, -0.1) is 0 Å². The number of hydrogen-bond donors (Lipinski definition) is 0. The summed E-state index contributed by atoms with van der Waals surface area (Å²) < 4.78 is 1.90. The van der Waals surface area contributed by atoms with Crippen molar-refractivity contribution in [2.45, 2.75) is 37.9 Å². The Morgan fingerprint density at radius 3 is 2.75 bits per heavy atom. The summed E-state index contributed by atoms with van der Waals surface area (Å²) >= 11 is 0. The molecule has 124 valence electrons. The number of fused-ring (bicyclic) bond motifs is 1. The van der Waals surface area contributed by atoms with Crippen molar-refractivity contribution in [3.63, 3.8) is 0 Å². The molecule has 0 radical (unpaired) electrons. The lowest BCUT2D eigenvalue weighted by molar-refractivity contribution is -0.130. The van der Waals surface area contributed by atoms with Gasteiger partial charge >= 0.3 is 6.03 Å². The number of aromatic nitrogens is 2. The van der Waals surface area contributed by atoms with Gasteiger partial charge in [0.05, 0.1) is 11.7 Å². The first-order valence-electron chi connectivity index (χ1n) is 8.32. The number of amides is 3. The summed E-state index contributed by atoms with van der Waals surface area (Å²) in [7, 11) is 1.72. The van der Waals surface area contributed by atoms with Crippen molar-refractivity contribution in [3.05, 3.63) is 53.9 Å². The summed E-state index contributed by atoms with van der Waals surface area (Å²) in [6.45, 7) is 0.846. The van der Waals surface area contributed by atoms with E-state index in [2.05, 4.69) is 5.10 Å². The smallest absolute Gasteiger partial charge is 0.315 e. The van der Waals surface area contributed by atoms with Crippen LogP contribution in [0.15, 0.2) is 42.6 Å². The van der Waals surface area contributed by atoms with Crippen molar-refractivity contribution in [2.24, 2.45) is 0 Å². The second-order valence-corrected chi connectivity index (χ2v) is 6.44. The van der Waals surface area contributed by atoms with Crippen molar-refractivity contribution < 1.29 is 9.59 Å². The summed E-state index contributed by atoms with van der Waals surface area (Å²) in [5.74, 6) is -0.106. The van der Waals surface area contributed by atoms with Crippen LogP contribution in [0.5, 0.6) is 0 Å². The van der Waals surface area contributed by atoms with Gasteiger partial charge in [-0.25, -0.2) is 4.79 Å². The van der Waals surface area contributed by atoms with Gasteiger partial charge in [-0.1, -0.05) is 30.3 Å². The molecule has 0 bridgehead atoms. The van der Waals surface area contributed by atoms with Crippen molar-refractivity contribution in [3.8, 4) is 0 Å². The molecule has 2 unspecified atom stereocenters. The standard InChI is InChI=1S/C18H20N4O2/c1-20-16(12-13-6-3-2-4-7-13)17(23)22(18(20)24)15-8-5-11-21-14(15)9-10-19-21/h2-4,6-7,9-10,15-16H,5,8,11-12H2,1H3. The van der Waals surface area contributed by atoms with Gasteiger partial charge in [0.25, 0.3) is 5.91 Å². The van der Waals surface area contributed by atoms with Gasteiger partial charge in [-0.3, -0.25) is 14.4 Å². The zero-order valence-corrected chi connectivity index (χ0v) is 13.6. The Kier molecular flexibility index (Phi) is 3.59. The van der Waals surface area contributed by atoms with E-state index in [1.165, 1.54) is 4.90 Å². The van der Waals surface area contributed by atoms with Crippen LogP contribution in [0, 0.1) is 0 Å². The first kappa shape index (κ1) is 14.9. The highest BCUT2D eigenvalue weighted by Crippen LogP contribution is 2.35. The molecule has 2 aliphatic rings. The fourth-order valence-electron chi connectivity index (χ4n) is 3.73. The lowest BCUT2D eigenvalue weighted by Gasteiger charge is -2.29. The van der Waals surface area contributed by atoms with Crippen LogP contribution in [0.25, 0.3) is 0 Å². The van der Waals surface area contributed by atoms with Crippen molar-refractivity contribution in [1.29, 1.82) is 0 Å². The molecular formula is C18H20N4O2. The SMILES string of the molecule is CN1C(=O)N(C2CCCn3nccc32)C(=O)C1Cc1ccccc1. The summed E-state index contributed by atoms with van der Waals surface area (Å²) in [6, 6.07) is 10.9. The van der Waals surface area contributed by atoms with E-state index in [9.17, 15) is 9.59 Å². The van der Waals surface area contributed by atoms with E-state index in [1.54, 1.807) is 18.1 Å². The van der Waals surface area contributed by atoms with Crippen LogP contribution in [-0.4, -0.2) is 44.6 Å². The van der Waals surface area contributed by atoms with Crippen molar-refractivity contribution in [2.75, 3.05) is 7.05 Å².